The van der Waals surface area contributed by atoms with Crippen molar-refractivity contribution < 1.29 is 9.53 Å². The molecule has 0 atom stereocenters. The minimum Gasteiger partial charge on any atom is -0.495 e. The molecule has 0 amide bonds. The minimum absolute atomic E-state index is 0.451. The van der Waals surface area contributed by atoms with E-state index in [1.54, 1.807) is 0 Å². The molecule has 0 bridgehead atoms. The van der Waals surface area contributed by atoms with Crippen LogP contribution in [0.4, 0.5) is 0 Å². The van der Waals surface area contributed by atoms with E-state index in [1.165, 1.54) is 18.4 Å². The van der Waals surface area contributed by atoms with E-state index in [2.05, 4.69) is 0 Å². The van der Waals surface area contributed by atoms with Crippen LogP contribution >= 0.6 is 22.9 Å². The topological polar surface area (TPSA) is 26.3 Å². The second kappa shape index (κ2) is 3.46. The number of carbonyl (C=O) groups is 1. The maximum absolute atomic E-state index is 10.9. The van der Waals surface area contributed by atoms with E-state index in [0.717, 1.165) is 10.4 Å². The molecular weight excluding hydrogens is 196 g/mol. The van der Waals surface area contributed by atoms with Crippen molar-refractivity contribution in [2.75, 3.05) is 7.11 Å². The summed E-state index contributed by atoms with van der Waals surface area (Å²) in [5.41, 5.74) is 0.992. The van der Waals surface area contributed by atoms with E-state index in [4.69, 9.17) is 16.3 Å². The summed E-state index contributed by atoms with van der Waals surface area (Å²) >= 11 is 6.73. The predicted octanol–water partition coefficient (Wildman–Crippen LogP) is 2.75. The second-order valence-electron chi connectivity index (χ2n) is 2.42. The van der Waals surface area contributed by atoms with Crippen molar-refractivity contribution >= 4 is 28.2 Å². The molecule has 0 saturated heterocycles. The van der Waals surface area contributed by atoms with Gasteiger partial charge >= 0.3 is 0 Å². The van der Waals surface area contributed by atoms with Crippen LogP contribution in [-0.4, -0.2) is 12.4 Å². The van der Waals surface area contributed by atoms with Crippen molar-refractivity contribution in [3.8, 4) is 5.75 Å². The highest BCUT2D eigenvalue weighted by atomic mass is 35.5. The molecule has 0 fully saturated rings. The normalized spacial score (nSPS) is 10.0. The van der Waals surface area contributed by atoms with Crippen molar-refractivity contribution in [3.05, 3.63) is 15.3 Å². The van der Waals surface area contributed by atoms with Crippen molar-refractivity contribution in [3.63, 3.8) is 0 Å². The van der Waals surface area contributed by atoms with Gasteiger partial charge in [-0.3, -0.25) is 4.79 Å². The third-order valence-electron chi connectivity index (χ3n) is 1.71. The van der Waals surface area contributed by atoms with E-state index in [0.29, 0.717) is 10.6 Å². The van der Waals surface area contributed by atoms with Gasteiger partial charge in [0.1, 0.15) is 10.6 Å². The molecule has 0 aliphatic rings. The van der Waals surface area contributed by atoms with Crippen LogP contribution in [0, 0.1) is 13.8 Å². The Hall–Kier alpha value is -0.540. The molecule has 1 aromatic rings. The molecule has 0 spiro atoms. The van der Waals surface area contributed by atoms with Gasteiger partial charge in [-0.15, -0.1) is 11.3 Å². The maximum Gasteiger partial charge on any atom is 0.266 e. The lowest BCUT2D eigenvalue weighted by molar-refractivity contribution is 0.108. The van der Waals surface area contributed by atoms with Gasteiger partial charge in [0.25, 0.3) is 5.24 Å². The molecule has 66 valence electrons. The first-order valence-corrected chi connectivity index (χ1v) is 4.61. The van der Waals surface area contributed by atoms with Gasteiger partial charge in [-0.1, -0.05) is 0 Å². The number of aryl methyl sites for hydroxylation is 1. The highest BCUT2D eigenvalue weighted by Crippen LogP contribution is 2.34. The Morgan fingerprint density at radius 3 is 2.42 bits per heavy atom. The standard InChI is InChI=1S/C8H9ClO2S/c1-4-5(2)12-7(8(9)10)6(4)11-3/h1-3H3. The molecule has 0 saturated carbocycles. The van der Waals surface area contributed by atoms with Crippen LogP contribution in [0.25, 0.3) is 0 Å². The first kappa shape index (κ1) is 9.55. The number of halogens is 1. The van der Waals surface area contributed by atoms with Crippen LogP contribution < -0.4 is 4.74 Å². The molecule has 1 heterocycles. The van der Waals surface area contributed by atoms with Gasteiger partial charge in [0.05, 0.1) is 7.11 Å². The zero-order valence-corrected chi connectivity index (χ0v) is 8.68. The molecule has 1 aromatic heterocycles. The molecule has 12 heavy (non-hydrogen) atoms. The van der Waals surface area contributed by atoms with Crippen LogP contribution in [0.2, 0.25) is 0 Å². The summed E-state index contributed by atoms with van der Waals surface area (Å²) in [6.45, 7) is 3.85. The summed E-state index contributed by atoms with van der Waals surface area (Å²) in [4.78, 5) is 12.4. The third-order valence-corrected chi connectivity index (χ3v) is 3.20. The minimum atomic E-state index is -0.451. The third kappa shape index (κ3) is 1.47. The summed E-state index contributed by atoms with van der Waals surface area (Å²) in [6.07, 6.45) is 0. The van der Waals surface area contributed by atoms with Crippen molar-refractivity contribution in [2.45, 2.75) is 13.8 Å². The quantitative estimate of drug-likeness (QED) is 0.693. The van der Waals surface area contributed by atoms with E-state index >= 15 is 0 Å². The van der Waals surface area contributed by atoms with Gasteiger partial charge < -0.3 is 4.74 Å². The predicted molar refractivity (Wildman–Crippen MR) is 50.5 cm³/mol. The SMILES string of the molecule is COc1c(C(=O)Cl)sc(C)c1C. The lowest BCUT2D eigenvalue weighted by Gasteiger charge is -1.98. The fourth-order valence-corrected chi connectivity index (χ4v) is 2.14. The average Bonchev–Trinajstić information content (AvgIpc) is 2.29. The van der Waals surface area contributed by atoms with E-state index in [9.17, 15) is 4.79 Å². The molecular formula is C8H9ClO2S. The largest absolute Gasteiger partial charge is 0.495 e. The van der Waals surface area contributed by atoms with Crippen LogP contribution in [0.3, 0.4) is 0 Å². The molecule has 4 heteroatoms. The van der Waals surface area contributed by atoms with Crippen LogP contribution in [0.15, 0.2) is 0 Å². The Labute approximate surface area is 80.1 Å². The number of methoxy groups -OCH3 is 1. The Bertz CT molecular complexity index is 317. The van der Waals surface area contributed by atoms with Gasteiger partial charge in [-0.2, -0.15) is 0 Å². The van der Waals surface area contributed by atoms with Crippen molar-refractivity contribution in [1.29, 1.82) is 0 Å². The fraction of sp³-hybridized carbons (Fsp3) is 0.375. The van der Waals surface area contributed by atoms with E-state index in [1.807, 2.05) is 13.8 Å². The Morgan fingerprint density at radius 2 is 2.08 bits per heavy atom. The van der Waals surface area contributed by atoms with Crippen LogP contribution in [0.1, 0.15) is 20.1 Å². The maximum atomic E-state index is 10.9. The Kier molecular flexibility index (Phi) is 2.75. The number of ether oxygens (including phenoxy) is 1. The van der Waals surface area contributed by atoms with Crippen LogP contribution in [0.5, 0.6) is 5.75 Å². The molecule has 0 aromatic carbocycles. The Morgan fingerprint density at radius 1 is 1.50 bits per heavy atom. The Balaban J connectivity index is 3.29. The summed E-state index contributed by atoms with van der Waals surface area (Å²) in [5, 5.41) is -0.451. The van der Waals surface area contributed by atoms with E-state index in [-0.39, 0.29) is 0 Å². The molecule has 0 unspecified atom stereocenters. The first-order valence-electron chi connectivity index (χ1n) is 3.41. The summed E-state index contributed by atoms with van der Waals surface area (Å²) < 4.78 is 5.06. The molecule has 2 nitrogen and oxygen atoms in total. The van der Waals surface area contributed by atoms with Gasteiger partial charge in [0.2, 0.25) is 0 Å². The summed E-state index contributed by atoms with van der Waals surface area (Å²) in [5.74, 6) is 0.609. The number of thiophene rings is 1. The monoisotopic (exact) mass is 204 g/mol. The first-order chi connectivity index (χ1) is 5.57. The van der Waals surface area contributed by atoms with Gasteiger partial charge in [0, 0.05) is 10.4 Å². The molecule has 0 N–H and O–H groups in total. The number of rotatable bonds is 2. The fourth-order valence-electron chi connectivity index (χ4n) is 0.981. The number of hydrogen-bond acceptors (Lipinski definition) is 3. The molecule has 1 rings (SSSR count). The lowest BCUT2D eigenvalue weighted by atomic mass is 10.2. The van der Waals surface area contributed by atoms with Crippen LogP contribution in [-0.2, 0) is 0 Å². The van der Waals surface area contributed by atoms with Crippen molar-refractivity contribution in [1.82, 2.24) is 0 Å². The zero-order valence-electron chi connectivity index (χ0n) is 7.10. The van der Waals surface area contributed by atoms with Crippen molar-refractivity contribution in [2.24, 2.45) is 0 Å². The van der Waals surface area contributed by atoms with Gasteiger partial charge in [-0.05, 0) is 25.4 Å². The lowest BCUT2D eigenvalue weighted by Crippen LogP contribution is -1.90. The highest BCUT2D eigenvalue weighted by molar-refractivity contribution is 7.16. The summed E-state index contributed by atoms with van der Waals surface area (Å²) in [7, 11) is 1.54. The van der Waals surface area contributed by atoms with Gasteiger partial charge in [0.15, 0.2) is 0 Å². The number of carbonyl (C=O) groups excluding carboxylic acids is 1. The molecule has 0 aliphatic heterocycles. The van der Waals surface area contributed by atoms with E-state index < -0.39 is 5.24 Å². The average molecular weight is 205 g/mol. The second-order valence-corrected chi connectivity index (χ2v) is 3.99. The molecule has 0 radical (unpaired) electrons. The van der Waals surface area contributed by atoms with Gasteiger partial charge in [-0.25, -0.2) is 0 Å². The highest BCUT2D eigenvalue weighted by Gasteiger charge is 2.17. The zero-order chi connectivity index (χ0) is 9.30. The number of hydrogen-bond donors (Lipinski definition) is 0. The summed E-state index contributed by atoms with van der Waals surface area (Å²) in [6, 6.07) is 0. The molecule has 0 aliphatic carbocycles. The smallest absolute Gasteiger partial charge is 0.266 e.